The van der Waals surface area contributed by atoms with Gasteiger partial charge in [0.25, 0.3) is 0 Å². The van der Waals surface area contributed by atoms with Crippen LogP contribution >= 0.6 is 0 Å². The van der Waals surface area contributed by atoms with Gasteiger partial charge in [0.05, 0.1) is 16.5 Å². The van der Waals surface area contributed by atoms with Crippen molar-refractivity contribution in [2.24, 2.45) is 5.14 Å². The monoisotopic (exact) mass is 395 g/mol. The number of aromatic nitrogens is 1. The van der Waals surface area contributed by atoms with Crippen molar-refractivity contribution >= 4 is 21.7 Å². The van der Waals surface area contributed by atoms with Crippen LogP contribution in [0.2, 0.25) is 0 Å². The SMILES string of the molecule is Cc1cc(C=C(C#N)c2cccc(F)c2)c(C)n1-c1ccc(S(N)(=O)=O)cc1. The summed E-state index contributed by atoms with van der Waals surface area (Å²) in [5.41, 5.74) is 4.21. The fourth-order valence-corrected chi connectivity index (χ4v) is 3.62. The second-order valence-electron chi connectivity index (χ2n) is 6.38. The molecule has 0 aliphatic carbocycles. The van der Waals surface area contributed by atoms with E-state index in [9.17, 15) is 18.1 Å². The third kappa shape index (κ3) is 3.88. The van der Waals surface area contributed by atoms with E-state index < -0.39 is 15.8 Å². The van der Waals surface area contributed by atoms with Crippen molar-refractivity contribution in [1.82, 2.24) is 4.57 Å². The number of sulfonamides is 1. The number of aryl methyl sites for hydroxylation is 1. The van der Waals surface area contributed by atoms with Gasteiger partial charge >= 0.3 is 0 Å². The van der Waals surface area contributed by atoms with Crippen LogP contribution in [0.3, 0.4) is 0 Å². The minimum Gasteiger partial charge on any atom is -0.318 e. The summed E-state index contributed by atoms with van der Waals surface area (Å²) in [6.07, 6.45) is 1.71. The Kier molecular flexibility index (Phi) is 5.18. The van der Waals surface area contributed by atoms with Gasteiger partial charge < -0.3 is 4.57 Å². The number of primary sulfonamides is 1. The summed E-state index contributed by atoms with van der Waals surface area (Å²) >= 11 is 0. The zero-order chi connectivity index (χ0) is 20.5. The van der Waals surface area contributed by atoms with Crippen LogP contribution in [0.5, 0.6) is 0 Å². The molecule has 3 aromatic rings. The average Bonchev–Trinajstić information content (AvgIpc) is 2.92. The molecule has 2 N–H and O–H groups in total. The van der Waals surface area contributed by atoms with E-state index in [0.29, 0.717) is 11.1 Å². The van der Waals surface area contributed by atoms with Gasteiger partial charge in [-0.2, -0.15) is 5.26 Å². The van der Waals surface area contributed by atoms with Gasteiger partial charge in [-0.25, -0.2) is 17.9 Å². The van der Waals surface area contributed by atoms with E-state index in [1.807, 2.05) is 24.5 Å². The van der Waals surface area contributed by atoms with E-state index in [-0.39, 0.29) is 4.90 Å². The van der Waals surface area contributed by atoms with Crippen LogP contribution in [0.4, 0.5) is 4.39 Å². The molecular weight excluding hydrogens is 377 g/mol. The molecule has 0 atom stereocenters. The van der Waals surface area contributed by atoms with Crippen LogP contribution < -0.4 is 5.14 Å². The molecule has 0 aliphatic rings. The molecule has 0 aliphatic heterocycles. The predicted octanol–water partition coefficient (Wildman–Crippen LogP) is 3.94. The third-order valence-corrected chi connectivity index (χ3v) is 5.38. The lowest BCUT2D eigenvalue weighted by atomic mass is 10.0. The molecule has 5 nitrogen and oxygen atoms in total. The number of hydrogen-bond donors (Lipinski definition) is 1. The Hall–Kier alpha value is -3.21. The van der Waals surface area contributed by atoms with E-state index in [0.717, 1.165) is 22.6 Å². The van der Waals surface area contributed by atoms with E-state index in [2.05, 4.69) is 6.07 Å². The number of halogens is 1. The molecular formula is C21H18FN3O2S. The standard InChI is InChI=1S/C21H18FN3O2S/c1-14-10-17(11-18(13-23)16-4-3-5-19(22)12-16)15(2)25(14)20-6-8-21(9-7-20)28(24,26)27/h3-12H,1-2H3,(H2,24,26,27). The molecule has 1 heterocycles. The van der Waals surface area contributed by atoms with Gasteiger partial charge in [0, 0.05) is 17.1 Å². The number of nitrogens with zero attached hydrogens (tertiary/aromatic N) is 2. The highest BCUT2D eigenvalue weighted by Gasteiger charge is 2.13. The molecule has 7 heteroatoms. The normalized spacial score (nSPS) is 12.0. The number of rotatable bonds is 4. The molecule has 1 aromatic heterocycles. The van der Waals surface area contributed by atoms with E-state index in [4.69, 9.17) is 5.14 Å². The second-order valence-corrected chi connectivity index (χ2v) is 7.94. The van der Waals surface area contributed by atoms with Crippen LogP contribution in [-0.2, 0) is 10.0 Å². The molecule has 0 fully saturated rings. The van der Waals surface area contributed by atoms with Crippen molar-refractivity contribution in [2.75, 3.05) is 0 Å². The Morgan fingerprint density at radius 1 is 1.14 bits per heavy atom. The Morgan fingerprint density at radius 3 is 2.39 bits per heavy atom. The predicted molar refractivity (Wildman–Crippen MR) is 107 cm³/mol. The first-order valence-corrected chi connectivity index (χ1v) is 9.95. The Balaban J connectivity index is 2.06. The maximum atomic E-state index is 13.5. The fourth-order valence-electron chi connectivity index (χ4n) is 3.11. The van der Waals surface area contributed by atoms with Crippen molar-refractivity contribution in [1.29, 1.82) is 5.26 Å². The summed E-state index contributed by atoms with van der Waals surface area (Å²) in [5.74, 6) is -0.404. The van der Waals surface area contributed by atoms with Crippen LogP contribution in [0, 0.1) is 31.0 Å². The summed E-state index contributed by atoms with van der Waals surface area (Å²) in [4.78, 5) is 0.0386. The molecule has 0 saturated heterocycles. The Morgan fingerprint density at radius 2 is 1.82 bits per heavy atom. The molecule has 2 aromatic carbocycles. The zero-order valence-corrected chi connectivity index (χ0v) is 16.2. The van der Waals surface area contributed by atoms with Crippen LogP contribution in [0.1, 0.15) is 22.5 Å². The number of nitriles is 1. The molecule has 3 rings (SSSR count). The number of hydrogen-bond acceptors (Lipinski definition) is 3. The summed E-state index contributed by atoms with van der Waals surface area (Å²) in [6, 6.07) is 16.2. The number of benzene rings is 2. The van der Waals surface area contributed by atoms with Crippen LogP contribution in [-0.4, -0.2) is 13.0 Å². The molecule has 0 saturated carbocycles. The van der Waals surface area contributed by atoms with Crippen molar-refractivity contribution < 1.29 is 12.8 Å². The lowest BCUT2D eigenvalue weighted by Crippen LogP contribution is -2.12. The van der Waals surface area contributed by atoms with Crippen molar-refractivity contribution in [3.63, 3.8) is 0 Å². The van der Waals surface area contributed by atoms with Crippen molar-refractivity contribution in [3.8, 4) is 11.8 Å². The smallest absolute Gasteiger partial charge is 0.238 e. The minimum atomic E-state index is -3.76. The molecule has 0 bridgehead atoms. The topological polar surface area (TPSA) is 88.9 Å². The molecule has 0 radical (unpaired) electrons. The summed E-state index contributed by atoms with van der Waals surface area (Å²) in [7, 11) is -3.76. The van der Waals surface area contributed by atoms with Gasteiger partial charge in [-0.3, -0.25) is 0 Å². The lowest BCUT2D eigenvalue weighted by Gasteiger charge is -2.10. The summed E-state index contributed by atoms with van der Waals surface area (Å²) in [6.45, 7) is 3.80. The number of nitrogens with two attached hydrogens (primary N) is 1. The zero-order valence-electron chi connectivity index (χ0n) is 15.3. The molecule has 142 valence electrons. The Bertz CT molecular complexity index is 1220. The third-order valence-electron chi connectivity index (χ3n) is 4.45. The highest BCUT2D eigenvalue weighted by Crippen LogP contribution is 2.26. The minimum absolute atomic E-state index is 0.0386. The van der Waals surface area contributed by atoms with Crippen molar-refractivity contribution in [3.05, 3.63) is 82.9 Å². The molecule has 0 amide bonds. The van der Waals surface area contributed by atoms with Gasteiger partial charge in [0.15, 0.2) is 0 Å². The Labute approximate surface area is 163 Å². The highest BCUT2D eigenvalue weighted by molar-refractivity contribution is 7.89. The van der Waals surface area contributed by atoms with Crippen LogP contribution in [0.15, 0.2) is 59.5 Å². The maximum Gasteiger partial charge on any atom is 0.238 e. The van der Waals surface area contributed by atoms with Gasteiger partial charge in [-0.1, -0.05) is 12.1 Å². The number of allylic oxidation sites excluding steroid dienone is 1. The highest BCUT2D eigenvalue weighted by atomic mass is 32.2. The fraction of sp³-hybridized carbons (Fsp3) is 0.0952. The molecule has 28 heavy (non-hydrogen) atoms. The van der Waals surface area contributed by atoms with E-state index in [1.165, 1.54) is 24.3 Å². The lowest BCUT2D eigenvalue weighted by molar-refractivity contribution is 0.598. The first kappa shape index (κ1) is 19.5. The maximum absolute atomic E-state index is 13.5. The largest absolute Gasteiger partial charge is 0.318 e. The summed E-state index contributed by atoms with van der Waals surface area (Å²) in [5, 5.41) is 14.7. The summed E-state index contributed by atoms with van der Waals surface area (Å²) < 4.78 is 38.3. The van der Waals surface area contributed by atoms with Gasteiger partial charge in [-0.05, 0) is 73.5 Å². The van der Waals surface area contributed by atoms with E-state index in [1.54, 1.807) is 30.3 Å². The first-order valence-electron chi connectivity index (χ1n) is 8.40. The van der Waals surface area contributed by atoms with Gasteiger partial charge in [0.1, 0.15) is 5.82 Å². The molecule has 0 unspecified atom stereocenters. The molecule has 0 spiro atoms. The van der Waals surface area contributed by atoms with Gasteiger partial charge in [-0.15, -0.1) is 0 Å². The van der Waals surface area contributed by atoms with Crippen LogP contribution in [0.25, 0.3) is 17.3 Å². The second kappa shape index (κ2) is 7.43. The van der Waals surface area contributed by atoms with Crippen molar-refractivity contribution in [2.45, 2.75) is 18.7 Å². The van der Waals surface area contributed by atoms with Gasteiger partial charge in [0.2, 0.25) is 10.0 Å². The van der Waals surface area contributed by atoms with E-state index >= 15 is 0 Å². The quantitative estimate of drug-likeness (QED) is 0.679. The average molecular weight is 395 g/mol. The first-order chi connectivity index (χ1) is 13.2.